The van der Waals surface area contributed by atoms with Crippen LogP contribution in [0.4, 0.5) is 5.82 Å². The molecule has 1 unspecified atom stereocenters. The molecule has 0 saturated carbocycles. The summed E-state index contributed by atoms with van der Waals surface area (Å²) in [6, 6.07) is -0.358. The molecule has 0 bridgehead atoms. The van der Waals surface area contributed by atoms with Crippen LogP contribution in [-0.4, -0.2) is 35.6 Å². The lowest BCUT2D eigenvalue weighted by Gasteiger charge is -2.15. The van der Waals surface area contributed by atoms with Crippen LogP contribution in [0.25, 0.3) is 0 Å². The van der Waals surface area contributed by atoms with Crippen LogP contribution in [0.1, 0.15) is 19.4 Å². The molecule has 0 aliphatic carbocycles. The fourth-order valence-electron chi connectivity index (χ4n) is 1.35. The molecule has 1 atom stereocenters. The van der Waals surface area contributed by atoms with Gasteiger partial charge in [-0.15, -0.1) is 0 Å². The smallest absolute Gasteiger partial charge is 0.241 e. The molecule has 1 aromatic rings. The van der Waals surface area contributed by atoms with Crippen LogP contribution >= 0.6 is 0 Å². The summed E-state index contributed by atoms with van der Waals surface area (Å²) in [6.07, 6.45) is 1.41. The van der Waals surface area contributed by atoms with Crippen molar-refractivity contribution in [2.45, 2.75) is 26.8 Å². The van der Waals surface area contributed by atoms with E-state index < -0.39 is 0 Å². The summed E-state index contributed by atoms with van der Waals surface area (Å²) in [5.74, 6) is 1.05. The van der Waals surface area contributed by atoms with Crippen molar-refractivity contribution in [3.63, 3.8) is 0 Å². The second kappa shape index (κ2) is 6.03. The minimum atomic E-state index is -0.358. The van der Waals surface area contributed by atoms with Gasteiger partial charge in [-0.25, -0.2) is 9.97 Å². The van der Waals surface area contributed by atoms with E-state index in [-0.39, 0.29) is 11.9 Å². The number of carbonyl (C=O) groups excluding carboxylic acids is 1. The van der Waals surface area contributed by atoms with Crippen LogP contribution in [-0.2, 0) is 4.79 Å². The molecule has 0 fully saturated rings. The Balaban J connectivity index is 2.84. The van der Waals surface area contributed by atoms with Gasteiger partial charge < -0.3 is 15.4 Å². The Morgan fingerprint density at radius 1 is 1.53 bits per heavy atom. The van der Waals surface area contributed by atoms with E-state index in [1.807, 2.05) is 13.8 Å². The molecule has 1 aromatic heterocycles. The molecular formula is C11H18N4O2. The molecule has 0 aliphatic heterocycles. The van der Waals surface area contributed by atoms with E-state index in [0.717, 1.165) is 5.56 Å². The van der Waals surface area contributed by atoms with E-state index in [1.54, 1.807) is 14.0 Å². The summed E-state index contributed by atoms with van der Waals surface area (Å²) < 4.78 is 5.35. The number of carbonyl (C=O) groups is 1. The van der Waals surface area contributed by atoms with Crippen molar-refractivity contribution < 1.29 is 9.53 Å². The summed E-state index contributed by atoms with van der Waals surface area (Å²) in [5, 5.41) is 5.58. The van der Waals surface area contributed by atoms with Gasteiger partial charge in [0.1, 0.15) is 18.2 Å². The van der Waals surface area contributed by atoms with Gasteiger partial charge in [-0.05, 0) is 20.8 Å². The van der Waals surface area contributed by atoms with Crippen LogP contribution in [0, 0.1) is 6.92 Å². The zero-order valence-electron chi connectivity index (χ0n) is 10.6. The SMILES string of the molecule is CCOc1ncnc(NC(C)C(=O)NC)c1C. The summed E-state index contributed by atoms with van der Waals surface area (Å²) in [6.45, 7) is 6.05. The summed E-state index contributed by atoms with van der Waals surface area (Å²) in [7, 11) is 1.60. The Bertz CT molecular complexity index is 395. The maximum Gasteiger partial charge on any atom is 0.241 e. The van der Waals surface area contributed by atoms with Crippen molar-refractivity contribution in [1.29, 1.82) is 0 Å². The number of anilines is 1. The largest absolute Gasteiger partial charge is 0.478 e. The molecule has 0 aliphatic rings. The van der Waals surface area contributed by atoms with Crippen molar-refractivity contribution in [3.05, 3.63) is 11.9 Å². The number of hydrogen-bond donors (Lipinski definition) is 2. The number of hydrogen-bond acceptors (Lipinski definition) is 5. The topological polar surface area (TPSA) is 76.1 Å². The Kier molecular flexibility index (Phi) is 4.68. The van der Waals surface area contributed by atoms with Gasteiger partial charge in [-0.1, -0.05) is 0 Å². The van der Waals surface area contributed by atoms with E-state index in [1.165, 1.54) is 6.33 Å². The van der Waals surface area contributed by atoms with Gasteiger partial charge in [0.15, 0.2) is 0 Å². The first-order valence-electron chi connectivity index (χ1n) is 5.52. The molecule has 0 saturated heterocycles. The predicted octanol–water partition coefficient (Wildman–Crippen LogP) is 0.730. The zero-order valence-corrected chi connectivity index (χ0v) is 10.6. The molecule has 94 valence electrons. The number of aromatic nitrogens is 2. The lowest BCUT2D eigenvalue weighted by atomic mass is 10.2. The van der Waals surface area contributed by atoms with Crippen LogP contribution in [0.15, 0.2) is 6.33 Å². The monoisotopic (exact) mass is 238 g/mol. The van der Waals surface area contributed by atoms with Gasteiger partial charge >= 0.3 is 0 Å². The number of ether oxygens (including phenoxy) is 1. The molecule has 0 spiro atoms. The van der Waals surface area contributed by atoms with Gasteiger partial charge in [0.25, 0.3) is 0 Å². The third kappa shape index (κ3) is 3.30. The Labute approximate surface area is 101 Å². The molecule has 1 rings (SSSR count). The van der Waals surface area contributed by atoms with Crippen LogP contribution in [0.3, 0.4) is 0 Å². The van der Waals surface area contributed by atoms with Crippen molar-refractivity contribution in [3.8, 4) is 5.88 Å². The Morgan fingerprint density at radius 3 is 2.82 bits per heavy atom. The molecule has 2 N–H and O–H groups in total. The Hall–Kier alpha value is -1.85. The van der Waals surface area contributed by atoms with Gasteiger partial charge in [-0.2, -0.15) is 0 Å². The highest BCUT2D eigenvalue weighted by atomic mass is 16.5. The van der Waals surface area contributed by atoms with Crippen molar-refractivity contribution >= 4 is 11.7 Å². The number of likely N-dealkylation sites (N-methyl/N-ethyl adjacent to an activating group) is 1. The van der Waals surface area contributed by atoms with Gasteiger partial charge in [-0.3, -0.25) is 4.79 Å². The van der Waals surface area contributed by atoms with E-state index in [9.17, 15) is 4.79 Å². The first-order valence-corrected chi connectivity index (χ1v) is 5.52. The van der Waals surface area contributed by atoms with Gasteiger partial charge in [0, 0.05) is 7.05 Å². The highest BCUT2D eigenvalue weighted by molar-refractivity contribution is 5.83. The molecule has 17 heavy (non-hydrogen) atoms. The molecule has 1 heterocycles. The van der Waals surface area contributed by atoms with Crippen molar-refractivity contribution in [2.75, 3.05) is 19.0 Å². The first kappa shape index (κ1) is 13.2. The van der Waals surface area contributed by atoms with Crippen molar-refractivity contribution in [1.82, 2.24) is 15.3 Å². The second-order valence-corrected chi connectivity index (χ2v) is 3.57. The third-order valence-electron chi connectivity index (χ3n) is 2.31. The molecule has 6 nitrogen and oxygen atoms in total. The molecule has 0 aromatic carbocycles. The van der Waals surface area contributed by atoms with E-state index >= 15 is 0 Å². The van der Waals surface area contributed by atoms with Crippen LogP contribution in [0.5, 0.6) is 5.88 Å². The van der Waals surface area contributed by atoms with Gasteiger partial charge in [0.05, 0.1) is 12.2 Å². The number of nitrogens with zero attached hydrogens (tertiary/aromatic N) is 2. The van der Waals surface area contributed by atoms with E-state index in [4.69, 9.17) is 4.74 Å². The third-order valence-corrected chi connectivity index (χ3v) is 2.31. The van der Waals surface area contributed by atoms with E-state index in [2.05, 4.69) is 20.6 Å². The standard InChI is InChI=1S/C11H18N4O2/c1-5-17-11-7(2)9(13-6-14-11)15-8(3)10(16)12-4/h6,8H,5H2,1-4H3,(H,12,16)(H,13,14,15). The average Bonchev–Trinajstić information content (AvgIpc) is 2.33. The Morgan fingerprint density at radius 2 is 2.24 bits per heavy atom. The maximum absolute atomic E-state index is 11.4. The molecule has 0 radical (unpaired) electrons. The van der Waals surface area contributed by atoms with Crippen LogP contribution in [0.2, 0.25) is 0 Å². The molecular weight excluding hydrogens is 220 g/mol. The molecule has 1 amide bonds. The number of rotatable bonds is 5. The minimum absolute atomic E-state index is 0.0963. The maximum atomic E-state index is 11.4. The normalized spacial score (nSPS) is 11.8. The fraction of sp³-hybridized carbons (Fsp3) is 0.545. The second-order valence-electron chi connectivity index (χ2n) is 3.57. The van der Waals surface area contributed by atoms with Gasteiger partial charge in [0.2, 0.25) is 11.8 Å². The minimum Gasteiger partial charge on any atom is -0.478 e. The quantitative estimate of drug-likeness (QED) is 0.791. The predicted molar refractivity (Wildman–Crippen MR) is 65.1 cm³/mol. The number of amides is 1. The first-order chi connectivity index (χ1) is 8.10. The van der Waals surface area contributed by atoms with Crippen molar-refractivity contribution in [2.24, 2.45) is 0 Å². The summed E-state index contributed by atoms with van der Waals surface area (Å²) >= 11 is 0. The molecule has 6 heteroatoms. The highest BCUT2D eigenvalue weighted by Gasteiger charge is 2.14. The highest BCUT2D eigenvalue weighted by Crippen LogP contribution is 2.20. The number of nitrogens with one attached hydrogen (secondary N) is 2. The van der Waals surface area contributed by atoms with E-state index in [0.29, 0.717) is 18.3 Å². The lowest BCUT2D eigenvalue weighted by Crippen LogP contribution is -2.35. The fourth-order valence-corrected chi connectivity index (χ4v) is 1.35. The average molecular weight is 238 g/mol. The zero-order chi connectivity index (χ0) is 12.8. The summed E-state index contributed by atoms with van der Waals surface area (Å²) in [5.41, 5.74) is 0.796. The summed E-state index contributed by atoms with van der Waals surface area (Å²) in [4.78, 5) is 19.5. The van der Waals surface area contributed by atoms with Crippen LogP contribution < -0.4 is 15.4 Å². The lowest BCUT2D eigenvalue weighted by molar-refractivity contribution is -0.121.